The Kier molecular flexibility index (Phi) is 5.67. The van der Waals surface area contributed by atoms with Crippen molar-refractivity contribution < 1.29 is 9.66 Å². The Morgan fingerprint density at radius 1 is 1.06 bits per heavy atom. The van der Waals surface area contributed by atoms with E-state index in [4.69, 9.17) is 21.3 Å². The maximum absolute atomic E-state index is 13.0. The minimum atomic E-state index is -0.460. The number of halogens is 1. The number of benzene rings is 2. The molecule has 0 radical (unpaired) electrons. The van der Waals surface area contributed by atoms with Gasteiger partial charge in [0.25, 0.3) is 11.2 Å². The zero-order valence-electron chi connectivity index (χ0n) is 17.5. The Morgan fingerprint density at radius 3 is 2.39 bits per heavy atom. The largest absolute Gasteiger partial charge is 0.379 e. The molecule has 5 rings (SSSR count). The van der Waals surface area contributed by atoms with Gasteiger partial charge in [0.05, 0.1) is 29.5 Å². The first kappa shape index (κ1) is 21.3. The first-order valence-electron chi connectivity index (χ1n) is 10.4. The van der Waals surface area contributed by atoms with E-state index in [1.807, 2.05) is 12.1 Å². The fourth-order valence-corrected chi connectivity index (χ4v) is 4.13. The van der Waals surface area contributed by atoms with Gasteiger partial charge in [0.1, 0.15) is 0 Å². The van der Waals surface area contributed by atoms with Gasteiger partial charge < -0.3 is 4.74 Å². The van der Waals surface area contributed by atoms with Gasteiger partial charge in [0.15, 0.2) is 5.65 Å². The van der Waals surface area contributed by atoms with Crippen LogP contribution >= 0.6 is 11.6 Å². The number of nitro benzene ring substituents is 1. The minimum Gasteiger partial charge on any atom is -0.379 e. The van der Waals surface area contributed by atoms with Crippen molar-refractivity contribution in [2.45, 2.75) is 6.54 Å². The summed E-state index contributed by atoms with van der Waals surface area (Å²) >= 11 is 6.10. The second-order valence-corrected chi connectivity index (χ2v) is 8.24. The van der Waals surface area contributed by atoms with Crippen molar-refractivity contribution in [2.75, 3.05) is 26.3 Å². The predicted octanol–water partition coefficient (Wildman–Crippen LogP) is 3.75. The van der Waals surface area contributed by atoms with Crippen molar-refractivity contribution in [3.05, 3.63) is 85.8 Å². The molecule has 0 aliphatic carbocycles. The molecule has 33 heavy (non-hydrogen) atoms. The van der Waals surface area contributed by atoms with Gasteiger partial charge >= 0.3 is 0 Å². The van der Waals surface area contributed by atoms with Gasteiger partial charge in [-0.25, -0.2) is 9.50 Å². The third kappa shape index (κ3) is 4.25. The van der Waals surface area contributed by atoms with Crippen LogP contribution < -0.4 is 5.56 Å². The number of nitrogens with one attached hydrogen (secondary N) is 1. The Balaban J connectivity index is 1.66. The number of aromatic nitrogens is 3. The highest BCUT2D eigenvalue weighted by Gasteiger charge is 2.21. The molecule has 1 aliphatic rings. The van der Waals surface area contributed by atoms with E-state index in [0.717, 1.165) is 29.9 Å². The van der Waals surface area contributed by atoms with Crippen LogP contribution in [0.5, 0.6) is 0 Å². The summed E-state index contributed by atoms with van der Waals surface area (Å²) < 4.78 is 6.89. The normalized spacial score (nSPS) is 14.6. The van der Waals surface area contributed by atoms with Crippen molar-refractivity contribution in [2.24, 2.45) is 0 Å². The van der Waals surface area contributed by atoms with Crippen LogP contribution in [0.3, 0.4) is 0 Å². The van der Waals surface area contributed by atoms with Gasteiger partial charge in [0.2, 0.25) is 0 Å². The van der Waals surface area contributed by atoms with Crippen molar-refractivity contribution in [1.82, 2.24) is 19.5 Å². The predicted molar refractivity (Wildman–Crippen MR) is 124 cm³/mol. The molecule has 0 saturated carbocycles. The topological polar surface area (TPSA) is 106 Å². The van der Waals surface area contributed by atoms with Gasteiger partial charge in [-0.05, 0) is 29.8 Å². The van der Waals surface area contributed by atoms with Gasteiger partial charge in [-0.2, -0.15) is 0 Å². The van der Waals surface area contributed by atoms with Gasteiger partial charge in [-0.15, -0.1) is 0 Å². The summed E-state index contributed by atoms with van der Waals surface area (Å²) in [6.45, 7) is 3.53. The highest BCUT2D eigenvalue weighted by molar-refractivity contribution is 6.30. The Hall–Kier alpha value is -3.53. The SMILES string of the molecule is O=c1cc(-c2ccc([N+](=O)[O-])cc2)nc2c(-c3ccc(Cl)cc3)c(CN3CCOCC3)[nH]n12. The average molecular weight is 466 g/mol. The Morgan fingerprint density at radius 2 is 1.73 bits per heavy atom. The number of hydrogen-bond acceptors (Lipinski definition) is 6. The highest BCUT2D eigenvalue weighted by atomic mass is 35.5. The number of morpholine rings is 1. The molecule has 1 fully saturated rings. The highest BCUT2D eigenvalue weighted by Crippen LogP contribution is 2.30. The molecule has 168 valence electrons. The quantitative estimate of drug-likeness (QED) is 0.355. The summed E-state index contributed by atoms with van der Waals surface area (Å²) in [5, 5.41) is 14.8. The second-order valence-electron chi connectivity index (χ2n) is 7.80. The van der Waals surface area contributed by atoms with E-state index in [1.54, 1.807) is 24.3 Å². The van der Waals surface area contributed by atoms with Gasteiger partial charge in [-0.1, -0.05) is 23.7 Å². The molecule has 1 aliphatic heterocycles. The zero-order chi connectivity index (χ0) is 22.9. The van der Waals surface area contributed by atoms with Crippen LogP contribution in [0.25, 0.3) is 28.0 Å². The monoisotopic (exact) mass is 465 g/mol. The molecular weight excluding hydrogens is 446 g/mol. The van der Waals surface area contributed by atoms with Crippen LogP contribution in [-0.2, 0) is 11.3 Å². The molecule has 2 aromatic carbocycles. The zero-order valence-corrected chi connectivity index (χ0v) is 18.3. The number of aromatic amines is 1. The lowest BCUT2D eigenvalue weighted by Crippen LogP contribution is -2.35. The summed E-state index contributed by atoms with van der Waals surface area (Å²) in [6.07, 6.45) is 0. The molecule has 0 spiro atoms. The molecule has 0 bridgehead atoms. The molecule has 1 N–H and O–H groups in total. The number of H-pyrrole nitrogens is 1. The van der Waals surface area contributed by atoms with Crippen molar-refractivity contribution in [3.63, 3.8) is 0 Å². The minimum absolute atomic E-state index is 0.0205. The maximum Gasteiger partial charge on any atom is 0.273 e. The van der Waals surface area contributed by atoms with E-state index in [2.05, 4.69) is 10.00 Å². The average Bonchev–Trinajstić information content (AvgIpc) is 3.19. The molecular formula is C23H20ClN5O4. The number of ether oxygens (including phenoxy) is 1. The van der Waals surface area contributed by atoms with Crippen LogP contribution in [0, 0.1) is 10.1 Å². The Labute approximate surface area is 193 Å². The summed E-state index contributed by atoms with van der Waals surface area (Å²) in [5.41, 5.74) is 3.84. The standard InChI is InChI=1S/C23H20ClN5O4/c24-17-5-1-16(2-6-17)22-20(14-27-9-11-33-12-10-27)26-28-21(30)13-19(25-23(22)28)15-3-7-18(8-4-15)29(31)32/h1-8,13,26H,9-12,14H2. The third-order valence-corrected chi connectivity index (χ3v) is 5.94. The number of fused-ring (bicyclic) bond motifs is 1. The number of non-ortho nitro benzene ring substituents is 1. The van der Waals surface area contributed by atoms with E-state index in [-0.39, 0.29) is 11.2 Å². The molecule has 0 unspecified atom stereocenters. The third-order valence-electron chi connectivity index (χ3n) is 5.68. The van der Waals surface area contributed by atoms with Crippen LogP contribution in [0.1, 0.15) is 5.69 Å². The summed E-state index contributed by atoms with van der Waals surface area (Å²) in [4.78, 5) is 30.6. The van der Waals surface area contributed by atoms with Crippen molar-refractivity contribution >= 4 is 22.9 Å². The summed E-state index contributed by atoms with van der Waals surface area (Å²) in [5.74, 6) is 0. The molecule has 4 aromatic rings. The second kappa shape index (κ2) is 8.78. The molecule has 0 amide bonds. The van der Waals surface area contributed by atoms with E-state index < -0.39 is 4.92 Å². The fourth-order valence-electron chi connectivity index (χ4n) is 4.00. The van der Waals surface area contributed by atoms with Crippen LogP contribution in [0.15, 0.2) is 59.4 Å². The van der Waals surface area contributed by atoms with E-state index in [0.29, 0.717) is 41.7 Å². The van der Waals surface area contributed by atoms with E-state index in [9.17, 15) is 14.9 Å². The molecule has 0 atom stereocenters. The molecule has 9 nitrogen and oxygen atoms in total. The molecule has 1 saturated heterocycles. The number of rotatable bonds is 5. The lowest BCUT2D eigenvalue weighted by molar-refractivity contribution is -0.384. The van der Waals surface area contributed by atoms with E-state index in [1.165, 1.54) is 22.7 Å². The summed E-state index contributed by atoms with van der Waals surface area (Å²) in [7, 11) is 0. The van der Waals surface area contributed by atoms with Crippen molar-refractivity contribution in [1.29, 1.82) is 0 Å². The lowest BCUT2D eigenvalue weighted by Gasteiger charge is -2.26. The molecule has 3 heterocycles. The molecule has 10 heteroatoms. The lowest BCUT2D eigenvalue weighted by atomic mass is 10.0. The number of hydrogen-bond donors (Lipinski definition) is 1. The van der Waals surface area contributed by atoms with Crippen LogP contribution in [0.2, 0.25) is 5.02 Å². The first-order chi connectivity index (χ1) is 16.0. The maximum atomic E-state index is 13.0. The van der Waals surface area contributed by atoms with Crippen molar-refractivity contribution in [3.8, 4) is 22.4 Å². The van der Waals surface area contributed by atoms with Gasteiger partial charge in [-0.3, -0.25) is 24.9 Å². The molecule has 2 aromatic heterocycles. The Bertz CT molecular complexity index is 1370. The van der Waals surface area contributed by atoms with E-state index >= 15 is 0 Å². The number of nitro groups is 1. The smallest absolute Gasteiger partial charge is 0.273 e. The fraction of sp³-hybridized carbons (Fsp3) is 0.217. The number of nitrogens with zero attached hydrogens (tertiary/aromatic N) is 4. The van der Waals surface area contributed by atoms with Gasteiger partial charge in [0, 0.05) is 54.0 Å². The van der Waals surface area contributed by atoms with Crippen LogP contribution in [0.4, 0.5) is 5.69 Å². The van der Waals surface area contributed by atoms with Crippen LogP contribution in [-0.4, -0.2) is 50.7 Å². The first-order valence-corrected chi connectivity index (χ1v) is 10.8. The summed E-state index contributed by atoms with van der Waals surface area (Å²) in [6, 6.07) is 14.8.